The van der Waals surface area contributed by atoms with Crippen LogP contribution in [0.1, 0.15) is 57.4 Å². The Morgan fingerprint density at radius 2 is 1.48 bits per heavy atom. The molecule has 1 amide bonds. The van der Waals surface area contributed by atoms with Gasteiger partial charge in [-0.3, -0.25) is 5.32 Å². The second-order valence-corrected chi connectivity index (χ2v) is 6.36. The highest BCUT2D eigenvalue weighted by molar-refractivity contribution is 5.86. The lowest BCUT2D eigenvalue weighted by atomic mass is 10.0. The van der Waals surface area contributed by atoms with Gasteiger partial charge in [0.1, 0.15) is 5.75 Å². The van der Waals surface area contributed by atoms with Crippen LogP contribution in [0.5, 0.6) is 5.75 Å². The summed E-state index contributed by atoms with van der Waals surface area (Å²) in [4.78, 5) is 12.1. The summed E-state index contributed by atoms with van der Waals surface area (Å²) in [5, 5.41) is 2.75. The molecule has 134 valence electrons. The van der Waals surface area contributed by atoms with Gasteiger partial charge >= 0.3 is 6.09 Å². The van der Waals surface area contributed by atoms with Gasteiger partial charge in [0.2, 0.25) is 0 Å². The van der Waals surface area contributed by atoms with Crippen molar-refractivity contribution >= 4 is 11.8 Å². The Morgan fingerprint density at radius 1 is 0.840 bits per heavy atom. The predicted octanol–water partition coefficient (Wildman–Crippen LogP) is 6.59. The Morgan fingerprint density at radius 3 is 2.24 bits per heavy atom. The van der Waals surface area contributed by atoms with E-state index in [0.29, 0.717) is 5.75 Å². The van der Waals surface area contributed by atoms with Gasteiger partial charge in [-0.2, -0.15) is 0 Å². The zero-order chi connectivity index (χ0) is 17.7. The van der Waals surface area contributed by atoms with Crippen molar-refractivity contribution in [2.24, 2.45) is 0 Å². The minimum absolute atomic E-state index is 0.446. The van der Waals surface area contributed by atoms with Gasteiger partial charge in [0.25, 0.3) is 0 Å². The van der Waals surface area contributed by atoms with Crippen LogP contribution in [0.15, 0.2) is 54.6 Å². The SMILES string of the molecule is CCCCCCCCCc1ccccc1OC(=O)Nc1ccccc1. The Labute approximate surface area is 151 Å². The third kappa shape index (κ3) is 7.42. The van der Waals surface area contributed by atoms with Crippen LogP contribution in [-0.4, -0.2) is 6.09 Å². The molecular formula is C22H29NO2. The van der Waals surface area contributed by atoms with Crippen molar-refractivity contribution in [1.82, 2.24) is 0 Å². The number of amides is 1. The van der Waals surface area contributed by atoms with Crippen LogP contribution in [-0.2, 0) is 6.42 Å². The standard InChI is InChI=1S/C22H29NO2/c1-2-3-4-5-6-7-9-14-19-15-12-13-18-21(19)25-22(24)23-20-16-10-8-11-17-20/h8,10-13,15-18H,2-7,9,14H2,1H3,(H,23,24). The van der Waals surface area contributed by atoms with E-state index in [4.69, 9.17) is 4.74 Å². The molecule has 0 spiro atoms. The number of ether oxygens (including phenoxy) is 1. The average molecular weight is 339 g/mol. The molecular weight excluding hydrogens is 310 g/mol. The van der Waals surface area contributed by atoms with Gasteiger partial charge in [-0.25, -0.2) is 4.79 Å². The quantitative estimate of drug-likeness (QED) is 0.496. The van der Waals surface area contributed by atoms with Crippen molar-refractivity contribution in [3.05, 3.63) is 60.2 Å². The van der Waals surface area contributed by atoms with Gasteiger partial charge in [-0.05, 0) is 36.6 Å². The lowest BCUT2D eigenvalue weighted by Gasteiger charge is -2.11. The number of unbranched alkanes of at least 4 members (excludes halogenated alkanes) is 6. The lowest BCUT2D eigenvalue weighted by molar-refractivity contribution is 0.214. The van der Waals surface area contributed by atoms with Gasteiger partial charge in [0.15, 0.2) is 0 Å². The van der Waals surface area contributed by atoms with Crippen LogP contribution in [0.4, 0.5) is 10.5 Å². The summed E-state index contributed by atoms with van der Waals surface area (Å²) >= 11 is 0. The number of carbonyl (C=O) groups is 1. The van der Waals surface area contributed by atoms with Crippen molar-refractivity contribution in [3.63, 3.8) is 0 Å². The van der Waals surface area contributed by atoms with E-state index in [0.717, 1.165) is 24.1 Å². The van der Waals surface area contributed by atoms with Crippen molar-refractivity contribution in [1.29, 1.82) is 0 Å². The molecule has 2 rings (SSSR count). The number of nitrogens with one attached hydrogen (secondary N) is 1. The molecule has 0 aliphatic carbocycles. The van der Waals surface area contributed by atoms with Gasteiger partial charge in [-0.15, -0.1) is 0 Å². The molecule has 0 bridgehead atoms. The maximum absolute atomic E-state index is 12.1. The third-order valence-corrected chi connectivity index (χ3v) is 4.25. The molecule has 0 aliphatic rings. The summed E-state index contributed by atoms with van der Waals surface area (Å²) in [6.07, 6.45) is 9.45. The summed E-state index contributed by atoms with van der Waals surface area (Å²) in [5.41, 5.74) is 1.83. The van der Waals surface area contributed by atoms with Crippen LogP contribution < -0.4 is 10.1 Å². The van der Waals surface area contributed by atoms with Crippen LogP contribution in [0, 0.1) is 0 Å². The fraction of sp³-hybridized carbons (Fsp3) is 0.409. The molecule has 0 unspecified atom stereocenters. The number of hydrogen-bond donors (Lipinski definition) is 1. The lowest BCUT2D eigenvalue weighted by Crippen LogP contribution is -2.17. The molecule has 0 atom stereocenters. The summed E-state index contributed by atoms with van der Waals surface area (Å²) in [6.45, 7) is 2.24. The van der Waals surface area contributed by atoms with E-state index >= 15 is 0 Å². The van der Waals surface area contributed by atoms with Crippen molar-refractivity contribution < 1.29 is 9.53 Å². The minimum Gasteiger partial charge on any atom is -0.410 e. The monoisotopic (exact) mass is 339 g/mol. The second-order valence-electron chi connectivity index (χ2n) is 6.36. The first kappa shape index (κ1) is 19.0. The van der Waals surface area contributed by atoms with Crippen LogP contribution in [0.25, 0.3) is 0 Å². The number of carbonyl (C=O) groups excluding carboxylic acids is 1. The Bertz CT molecular complexity index is 625. The first-order valence-electron chi connectivity index (χ1n) is 9.41. The first-order chi connectivity index (χ1) is 12.3. The van der Waals surface area contributed by atoms with Gasteiger partial charge in [0.05, 0.1) is 0 Å². The number of benzene rings is 2. The minimum atomic E-state index is -0.446. The molecule has 2 aromatic rings. The number of rotatable bonds is 10. The zero-order valence-corrected chi connectivity index (χ0v) is 15.2. The Balaban J connectivity index is 1.78. The molecule has 0 fully saturated rings. The van der Waals surface area contributed by atoms with Crippen LogP contribution in [0.3, 0.4) is 0 Å². The molecule has 0 radical (unpaired) electrons. The summed E-state index contributed by atoms with van der Waals surface area (Å²) in [5.74, 6) is 0.655. The van der Waals surface area contributed by atoms with E-state index in [1.54, 1.807) is 0 Å². The largest absolute Gasteiger partial charge is 0.417 e. The molecule has 1 N–H and O–H groups in total. The van der Waals surface area contributed by atoms with E-state index < -0.39 is 6.09 Å². The zero-order valence-electron chi connectivity index (χ0n) is 15.2. The van der Waals surface area contributed by atoms with Gasteiger partial charge < -0.3 is 4.74 Å². The summed E-state index contributed by atoms with van der Waals surface area (Å²) < 4.78 is 5.51. The number of aryl methyl sites for hydroxylation is 1. The number of hydrogen-bond acceptors (Lipinski definition) is 2. The van der Waals surface area contributed by atoms with E-state index in [9.17, 15) is 4.79 Å². The van der Waals surface area contributed by atoms with Crippen molar-refractivity contribution in [2.45, 2.75) is 58.3 Å². The molecule has 0 heterocycles. The Hall–Kier alpha value is -2.29. The Kier molecular flexibility index (Phi) is 8.60. The number of para-hydroxylation sites is 2. The summed E-state index contributed by atoms with van der Waals surface area (Å²) in [6, 6.07) is 17.2. The molecule has 0 saturated carbocycles. The highest BCUT2D eigenvalue weighted by Gasteiger charge is 2.09. The third-order valence-electron chi connectivity index (χ3n) is 4.25. The molecule has 3 heteroatoms. The van der Waals surface area contributed by atoms with E-state index in [1.165, 1.54) is 38.5 Å². The first-order valence-corrected chi connectivity index (χ1v) is 9.41. The van der Waals surface area contributed by atoms with Crippen molar-refractivity contribution in [2.75, 3.05) is 5.32 Å². The highest BCUT2D eigenvalue weighted by Crippen LogP contribution is 2.21. The van der Waals surface area contributed by atoms with Crippen molar-refractivity contribution in [3.8, 4) is 5.75 Å². The summed E-state index contributed by atoms with van der Waals surface area (Å²) in [7, 11) is 0. The highest BCUT2D eigenvalue weighted by atomic mass is 16.6. The molecule has 0 saturated heterocycles. The molecule has 25 heavy (non-hydrogen) atoms. The molecule has 2 aromatic carbocycles. The average Bonchev–Trinajstić information content (AvgIpc) is 2.63. The number of anilines is 1. The van der Waals surface area contributed by atoms with Crippen LogP contribution >= 0.6 is 0 Å². The van der Waals surface area contributed by atoms with Crippen LogP contribution in [0.2, 0.25) is 0 Å². The van der Waals surface area contributed by atoms with Gasteiger partial charge in [-0.1, -0.05) is 81.8 Å². The maximum Gasteiger partial charge on any atom is 0.417 e. The fourth-order valence-electron chi connectivity index (χ4n) is 2.85. The molecule has 0 aliphatic heterocycles. The van der Waals surface area contributed by atoms with E-state index in [-0.39, 0.29) is 0 Å². The predicted molar refractivity (Wildman–Crippen MR) is 104 cm³/mol. The van der Waals surface area contributed by atoms with E-state index in [1.807, 2.05) is 54.6 Å². The fourth-order valence-corrected chi connectivity index (χ4v) is 2.85. The molecule has 0 aromatic heterocycles. The molecule has 3 nitrogen and oxygen atoms in total. The normalized spacial score (nSPS) is 10.4. The maximum atomic E-state index is 12.1. The smallest absolute Gasteiger partial charge is 0.410 e. The van der Waals surface area contributed by atoms with Gasteiger partial charge in [0, 0.05) is 5.69 Å². The van der Waals surface area contributed by atoms with E-state index in [2.05, 4.69) is 12.2 Å². The second kappa shape index (κ2) is 11.3. The topological polar surface area (TPSA) is 38.3 Å².